The molecule has 192 valence electrons. The highest BCUT2D eigenvalue weighted by Crippen LogP contribution is 2.35. The number of aromatic amines is 1. The van der Waals surface area contributed by atoms with E-state index in [1.165, 1.54) is 11.1 Å². The van der Waals surface area contributed by atoms with Crippen LogP contribution in [0.4, 0.5) is 17.5 Å². The first-order valence-corrected chi connectivity index (χ1v) is 13.6. The van der Waals surface area contributed by atoms with E-state index in [1.807, 2.05) is 31.0 Å². The number of amides is 1. The Morgan fingerprint density at radius 2 is 1.97 bits per heavy atom. The van der Waals surface area contributed by atoms with Crippen molar-refractivity contribution in [1.29, 1.82) is 0 Å². The molecule has 6 rings (SSSR count). The van der Waals surface area contributed by atoms with Crippen LogP contribution >= 0.6 is 22.9 Å². The van der Waals surface area contributed by atoms with Crippen LogP contribution in [0.5, 0.6) is 0 Å². The van der Waals surface area contributed by atoms with Crippen molar-refractivity contribution in [3.63, 3.8) is 0 Å². The molecule has 10 nitrogen and oxygen atoms in total. The lowest BCUT2D eigenvalue weighted by Crippen LogP contribution is -2.47. The highest BCUT2D eigenvalue weighted by atomic mass is 127. The van der Waals surface area contributed by atoms with Gasteiger partial charge in [0, 0.05) is 55.2 Å². The number of aromatic nitrogens is 5. The largest absolute Gasteiger partial charge is 0.363 e. The van der Waals surface area contributed by atoms with Crippen LogP contribution in [-0.4, -0.2) is 64.8 Å². The average molecular weight is 611 g/mol. The Balaban J connectivity index is 1.23. The van der Waals surface area contributed by atoms with Gasteiger partial charge >= 0.3 is 0 Å². The number of piperazine rings is 1. The highest BCUT2D eigenvalue weighted by molar-refractivity contribution is 14.1. The fraction of sp³-hybridized carbons (Fsp3) is 0.385. The van der Waals surface area contributed by atoms with Crippen molar-refractivity contribution >= 4 is 57.3 Å². The smallest absolute Gasteiger partial charge is 0.247 e. The summed E-state index contributed by atoms with van der Waals surface area (Å²) < 4.78 is 3.99. The molecule has 4 heterocycles. The maximum Gasteiger partial charge on any atom is 0.247 e. The van der Waals surface area contributed by atoms with Crippen LogP contribution in [0.1, 0.15) is 42.2 Å². The van der Waals surface area contributed by atoms with Gasteiger partial charge in [0.05, 0.1) is 29.0 Å². The number of hydrogen-bond acceptors (Lipinski definition) is 7. The van der Waals surface area contributed by atoms with Crippen molar-refractivity contribution < 1.29 is 4.79 Å². The van der Waals surface area contributed by atoms with Gasteiger partial charge in [-0.1, -0.05) is 24.3 Å². The van der Waals surface area contributed by atoms with E-state index in [0.29, 0.717) is 5.95 Å². The molecule has 4 aromatic rings. The van der Waals surface area contributed by atoms with Gasteiger partial charge in [-0.15, -0.1) is 0 Å². The standard InChI is InChI=1S/C26H30IN9O/c1-16-22(15-29-36(16)17(2)25(37)34-11-13-35(27)14-12-34)31-26-32-23-20(9-10-28-23)24(33-26)30-21-8-7-18-5-3-4-6-19(18)21/h3-6,9-10,15,17,21H,7-8,11-14H2,1-2H3,(H3,28,30,31,32,33). The molecule has 2 aliphatic rings. The lowest BCUT2D eigenvalue weighted by molar-refractivity contribution is -0.135. The molecule has 1 saturated heterocycles. The van der Waals surface area contributed by atoms with Crippen LogP contribution in [0, 0.1) is 6.92 Å². The quantitative estimate of drug-likeness (QED) is 0.220. The molecule has 1 amide bonds. The Hall–Kier alpha value is -3.19. The first-order chi connectivity index (χ1) is 18.0. The summed E-state index contributed by atoms with van der Waals surface area (Å²) in [5.41, 5.74) is 5.12. The van der Waals surface area contributed by atoms with Gasteiger partial charge in [-0.25, -0.2) is 3.11 Å². The average Bonchev–Trinajstić information content (AvgIpc) is 3.63. The zero-order chi connectivity index (χ0) is 25.5. The van der Waals surface area contributed by atoms with Gasteiger partial charge in [0.15, 0.2) is 0 Å². The molecule has 1 fully saturated rings. The second kappa shape index (κ2) is 9.93. The van der Waals surface area contributed by atoms with Gasteiger partial charge in [-0.3, -0.25) is 9.48 Å². The molecule has 0 radical (unpaired) electrons. The maximum atomic E-state index is 13.1. The van der Waals surface area contributed by atoms with E-state index < -0.39 is 0 Å². The molecule has 0 spiro atoms. The van der Waals surface area contributed by atoms with Crippen LogP contribution in [0.15, 0.2) is 42.7 Å². The molecule has 37 heavy (non-hydrogen) atoms. The minimum atomic E-state index is -0.386. The van der Waals surface area contributed by atoms with Crippen LogP contribution in [0.25, 0.3) is 11.0 Å². The molecule has 3 aromatic heterocycles. The van der Waals surface area contributed by atoms with E-state index in [0.717, 1.165) is 67.3 Å². The maximum absolute atomic E-state index is 13.1. The zero-order valence-electron chi connectivity index (χ0n) is 20.9. The van der Waals surface area contributed by atoms with Crippen LogP contribution < -0.4 is 10.6 Å². The Labute approximate surface area is 229 Å². The van der Waals surface area contributed by atoms with Crippen LogP contribution in [0.2, 0.25) is 0 Å². The Bertz CT molecular complexity index is 1440. The van der Waals surface area contributed by atoms with E-state index >= 15 is 0 Å². The third-order valence-corrected chi connectivity index (χ3v) is 8.38. The summed E-state index contributed by atoms with van der Waals surface area (Å²) >= 11 is 2.31. The number of carbonyl (C=O) groups is 1. The first kappa shape index (κ1) is 24.2. The summed E-state index contributed by atoms with van der Waals surface area (Å²) in [5.74, 6) is 1.36. The number of H-pyrrole nitrogens is 1. The predicted octanol–water partition coefficient (Wildman–Crippen LogP) is 4.36. The van der Waals surface area contributed by atoms with Crippen LogP contribution in [-0.2, 0) is 11.2 Å². The number of nitrogens with zero attached hydrogens (tertiary/aromatic N) is 6. The topological polar surface area (TPSA) is 107 Å². The van der Waals surface area contributed by atoms with Gasteiger partial charge in [0.2, 0.25) is 11.9 Å². The lowest BCUT2D eigenvalue weighted by atomic mass is 10.1. The molecule has 1 aromatic carbocycles. The number of fused-ring (bicyclic) bond motifs is 2. The Morgan fingerprint density at radius 1 is 1.16 bits per heavy atom. The van der Waals surface area contributed by atoms with Gasteiger partial charge in [-0.05, 0) is 43.9 Å². The Kier molecular flexibility index (Phi) is 6.49. The Morgan fingerprint density at radius 3 is 2.81 bits per heavy atom. The fourth-order valence-corrected chi connectivity index (χ4v) is 5.74. The number of halogens is 1. The minimum Gasteiger partial charge on any atom is -0.363 e. The summed E-state index contributed by atoms with van der Waals surface area (Å²) in [4.78, 5) is 27.8. The zero-order valence-corrected chi connectivity index (χ0v) is 23.1. The van der Waals surface area contributed by atoms with Crippen molar-refractivity contribution in [2.24, 2.45) is 0 Å². The van der Waals surface area contributed by atoms with Crippen molar-refractivity contribution in [3.8, 4) is 0 Å². The van der Waals surface area contributed by atoms with Gasteiger partial charge in [0.1, 0.15) is 17.5 Å². The third-order valence-electron chi connectivity index (χ3n) is 7.41. The molecule has 0 bridgehead atoms. The fourth-order valence-electron chi connectivity index (χ4n) is 5.31. The lowest BCUT2D eigenvalue weighted by Gasteiger charge is -2.33. The molecule has 11 heteroatoms. The predicted molar refractivity (Wildman–Crippen MR) is 152 cm³/mol. The number of nitrogens with one attached hydrogen (secondary N) is 3. The van der Waals surface area contributed by atoms with Gasteiger partial charge in [-0.2, -0.15) is 15.1 Å². The van der Waals surface area contributed by atoms with E-state index in [4.69, 9.17) is 4.98 Å². The summed E-state index contributed by atoms with van der Waals surface area (Å²) in [6.07, 6.45) is 5.71. The monoisotopic (exact) mass is 611 g/mol. The summed E-state index contributed by atoms with van der Waals surface area (Å²) in [6.45, 7) is 7.11. The number of carbonyl (C=O) groups excluding carboxylic acids is 1. The molecule has 2 atom stereocenters. The number of anilines is 3. The number of hydrogen-bond donors (Lipinski definition) is 3. The van der Waals surface area contributed by atoms with Crippen molar-refractivity contribution in [2.75, 3.05) is 36.8 Å². The first-order valence-electron chi connectivity index (χ1n) is 12.7. The normalized spacial score (nSPS) is 18.7. The second-order valence-corrected chi connectivity index (χ2v) is 11.1. The molecule has 2 unspecified atom stereocenters. The summed E-state index contributed by atoms with van der Waals surface area (Å²) in [5, 5.41) is 12.5. The highest BCUT2D eigenvalue weighted by Gasteiger charge is 2.27. The van der Waals surface area contributed by atoms with Gasteiger partial charge in [0.25, 0.3) is 0 Å². The minimum absolute atomic E-state index is 0.0923. The van der Waals surface area contributed by atoms with Crippen molar-refractivity contribution in [2.45, 2.75) is 38.8 Å². The second-order valence-electron chi connectivity index (χ2n) is 9.69. The third kappa shape index (κ3) is 4.65. The SMILES string of the molecule is Cc1c(Nc2nc(NC3CCc4ccccc43)c3cc[nH]c3n2)cnn1C(C)C(=O)N1CCN(I)CC1. The van der Waals surface area contributed by atoms with E-state index in [9.17, 15) is 4.79 Å². The van der Waals surface area contributed by atoms with E-state index in [2.05, 4.69) is 75.9 Å². The summed E-state index contributed by atoms with van der Waals surface area (Å²) in [6, 6.07) is 10.4. The number of benzene rings is 1. The van der Waals surface area contributed by atoms with Crippen molar-refractivity contribution in [3.05, 3.63) is 59.5 Å². The van der Waals surface area contributed by atoms with Gasteiger partial charge < -0.3 is 20.5 Å². The van der Waals surface area contributed by atoms with E-state index in [1.54, 1.807) is 10.9 Å². The summed E-state index contributed by atoms with van der Waals surface area (Å²) in [7, 11) is 0. The molecule has 0 saturated carbocycles. The number of rotatable bonds is 6. The van der Waals surface area contributed by atoms with E-state index in [-0.39, 0.29) is 18.0 Å². The molecular weight excluding hydrogens is 581 g/mol. The molecule has 1 aliphatic carbocycles. The number of aryl methyl sites for hydroxylation is 1. The van der Waals surface area contributed by atoms with Crippen molar-refractivity contribution in [1.82, 2.24) is 32.7 Å². The molecular formula is C26H30IN9O. The molecule has 3 N–H and O–H groups in total. The molecule has 1 aliphatic heterocycles. The van der Waals surface area contributed by atoms with Crippen LogP contribution in [0.3, 0.4) is 0 Å².